The highest BCUT2D eigenvalue weighted by Gasteiger charge is 2.18. The standard InChI is InChI=1S/C18H17N3O3S/c19-13(18(23)24-11-12-5-2-1-3-6-12)10-21-17(22)16-9-14-15(25-16)7-4-8-20-14/h1-9,13H,10-11,19H2,(H,21,22)/t13-/m1/s1. The van der Waals surface area contributed by atoms with E-state index in [1.165, 1.54) is 11.3 Å². The monoisotopic (exact) mass is 355 g/mol. The summed E-state index contributed by atoms with van der Waals surface area (Å²) < 4.78 is 6.08. The number of rotatable bonds is 6. The molecule has 0 spiro atoms. The molecule has 0 saturated heterocycles. The van der Waals surface area contributed by atoms with Gasteiger partial charge in [0.15, 0.2) is 0 Å². The van der Waals surface area contributed by atoms with Crippen molar-refractivity contribution in [1.82, 2.24) is 10.3 Å². The van der Waals surface area contributed by atoms with Gasteiger partial charge in [-0.1, -0.05) is 30.3 Å². The number of ether oxygens (including phenoxy) is 1. The van der Waals surface area contributed by atoms with Crippen LogP contribution in [0.1, 0.15) is 15.2 Å². The third kappa shape index (κ3) is 4.40. The summed E-state index contributed by atoms with van der Waals surface area (Å²) in [6.45, 7) is 0.164. The number of carbonyl (C=O) groups excluding carboxylic acids is 2. The van der Waals surface area contributed by atoms with Crippen molar-refractivity contribution in [3.05, 3.63) is 65.2 Å². The summed E-state index contributed by atoms with van der Waals surface area (Å²) in [7, 11) is 0. The lowest BCUT2D eigenvalue weighted by Crippen LogP contribution is -2.43. The minimum absolute atomic E-state index is 0.00807. The Labute approximate surface area is 148 Å². The van der Waals surface area contributed by atoms with Crippen molar-refractivity contribution in [3.8, 4) is 0 Å². The van der Waals surface area contributed by atoms with E-state index >= 15 is 0 Å². The number of pyridine rings is 1. The van der Waals surface area contributed by atoms with Crippen LogP contribution in [0.15, 0.2) is 54.7 Å². The Hall–Kier alpha value is -2.77. The maximum Gasteiger partial charge on any atom is 0.325 e. The van der Waals surface area contributed by atoms with Crippen LogP contribution in [-0.4, -0.2) is 29.4 Å². The molecular formula is C18H17N3O3S. The maximum absolute atomic E-state index is 12.2. The number of nitrogens with zero attached hydrogens (tertiary/aromatic N) is 1. The van der Waals surface area contributed by atoms with Crippen LogP contribution < -0.4 is 11.1 Å². The number of nitrogens with two attached hydrogens (primary N) is 1. The van der Waals surface area contributed by atoms with E-state index in [-0.39, 0.29) is 19.1 Å². The summed E-state index contributed by atoms with van der Waals surface area (Å²) in [4.78, 5) is 28.8. The van der Waals surface area contributed by atoms with E-state index in [2.05, 4.69) is 10.3 Å². The van der Waals surface area contributed by atoms with E-state index < -0.39 is 12.0 Å². The molecule has 7 heteroatoms. The summed E-state index contributed by atoms with van der Waals surface area (Å²) in [6, 6.07) is 13.8. The van der Waals surface area contributed by atoms with Crippen molar-refractivity contribution < 1.29 is 14.3 Å². The molecule has 3 rings (SSSR count). The zero-order valence-electron chi connectivity index (χ0n) is 13.3. The Bertz CT molecular complexity index is 846. The van der Waals surface area contributed by atoms with E-state index in [9.17, 15) is 9.59 Å². The third-order valence-electron chi connectivity index (χ3n) is 3.52. The van der Waals surface area contributed by atoms with Crippen LogP contribution >= 0.6 is 11.3 Å². The van der Waals surface area contributed by atoms with Crippen molar-refractivity contribution in [2.75, 3.05) is 6.54 Å². The Morgan fingerprint density at radius 3 is 2.76 bits per heavy atom. The van der Waals surface area contributed by atoms with Crippen molar-refractivity contribution >= 4 is 33.4 Å². The minimum Gasteiger partial charge on any atom is -0.460 e. The predicted octanol–water partition coefficient (Wildman–Crippen LogP) is 2.10. The second kappa shape index (κ2) is 7.87. The lowest BCUT2D eigenvalue weighted by molar-refractivity contribution is -0.146. The quantitative estimate of drug-likeness (QED) is 0.660. The average Bonchev–Trinajstić information content (AvgIpc) is 3.09. The maximum atomic E-state index is 12.2. The molecule has 0 saturated carbocycles. The summed E-state index contributed by atoms with van der Waals surface area (Å²) in [5.41, 5.74) is 7.43. The van der Waals surface area contributed by atoms with Crippen LogP contribution in [0.25, 0.3) is 10.2 Å². The predicted molar refractivity (Wildman–Crippen MR) is 96.2 cm³/mol. The molecule has 0 fully saturated rings. The fraction of sp³-hybridized carbons (Fsp3) is 0.167. The molecule has 6 nitrogen and oxygen atoms in total. The molecule has 1 atom stereocenters. The van der Waals surface area contributed by atoms with Crippen LogP contribution in [0.3, 0.4) is 0 Å². The molecular weight excluding hydrogens is 338 g/mol. The zero-order chi connectivity index (χ0) is 17.6. The van der Waals surface area contributed by atoms with Crippen molar-refractivity contribution in [2.24, 2.45) is 5.73 Å². The summed E-state index contributed by atoms with van der Waals surface area (Å²) in [5.74, 6) is -0.837. The molecule has 0 aliphatic heterocycles. The number of aromatic nitrogens is 1. The molecule has 0 unspecified atom stereocenters. The number of benzene rings is 1. The molecule has 3 aromatic rings. The van der Waals surface area contributed by atoms with Gasteiger partial charge in [-0.25, -0.2) is 0 Å². The molecule has 1 aromatic carbocycles. The number of hydrogen-bond donors (Lipinski definition) is 2. The van der Waals surface area contributed by atoms with Gasteiger partial charge < -0.3 is 15.8 Å². The number of hydrogen-bond acceptors (Lipinski definition) is 6. The number of carbonyl (C=O) groups is 2. The van der Waals surface area contributed by atoms with Gasteiger partial charge in [-0.3, -0.25) is 14.6 Å². The average molecular weight is 355 g/mol. The van der Waals surface area contributed by atoms with Crippen molar-refractivity contribution in [1.29, 1.82) is 0 Å². The number of amides is 1. The van der Waals surface area contributed by atoms with Gasteiger partial charge in [0.1, 0.15) is 12.6 Å². The molecule has 0 radical (unpaired) electrons. The normalized spacial score (nSPS) is 11.9. The van der Waals surface area contributed by atoms with E-state index in [1.807, 2.05) is 42.5 Å². The Morgan fingerprint density at radius 2 is 2.00 bits per heavy atom. The molecule has 0 aliphatic carbocycles. The largest absolute Gasteiger partial charge is 0.460 e. The van der Waals surface area contributed by atoms with Gasteiger partial charge in [0.05, 0.1) is 15.1 Å². The molecule has 1 amide bonds. The lowest BCUT2D eigenvalue weighted by atomic mass is 10.2. The first-order valence-electron chi connectivity index (χ1n) is 7.72. The molecule has 0 aliphatic rings. The number of thiophene rings is 1. The fourth-order valence-corrected chi connectivity index (χ4v) is 3.13. The Kier molecular flexibility index (Phi) is 5.37. The summed E-state index contributed by atoms with van der Waals surface area (Å²) in [6.07, 6.45) is 1.68. The Balaban J connectivity index is 1.50. The van der Waals surface area contributed by atoms with E-state index in [4.69, 9.17) is 10.5 Å². The zero-order valence-corrected chi connectivity index (χ0v) is 14.2. The van der Waals surface area contributed by atoms with E-state index in [0.717, 1.165) is 15.8 Å². The highest BCUT2D eigenvalue weighted by Crippen LogP contribution is 2.23. The van der Waals surface area contributed by atoms with Gasteiger partial charge in [-0.05, 0) is 23.8 Å². The minimum atomic E-state index is -0.917. The van der Waals surface area contributed by atoms with Gasteiger partial charge in [-0.2, -0.15) is 0 Å². The number of fused-ring (bicyclic) bond motifs is 1. The molecule has 0 bridgehead atoms. The topological polar surface area (TPSA) is 94.3 Å². The highest BCUT2D eigenvalue weighted by atomic mass is 32.1. The summed E-state index contributed by atoms with van der Waals surface area (Å²) in [5, 5.41) is 2.66. The van der Waals surface area contributed by atoms with E-state index in [0.29, 0.717) is 4.88 Å². The molecule has 3 N–H and O–H groups in total. The second-order valence-corrected chi connectivity index (χ2v) is 6.49. The molecule has 128 valence electrons. The fourth-order valence-electron chi connectivity index (χ4n) is 2.19. The SMILES string of the molecule is N[C@H](CNC(=O)c1cc2ncccc2s1)C(=O)OCc1ccccc1. The van der Waals surface area contributed by atoms with Gasteiger partial charge in [0.25, 0.3) is 5.91 Å². The number of esters is 1. The lowest BCUT2D eigenvalue weighted by Gasteiger charge is -2.12. The van der Waals surface area contributed by atoms with Gasteiger partial charge in [0, 0.05) is 12.7 Å². The molecule has 25 heavy (non-hydrogen) atoms. The van der Waals surface area contributed by atoms with Gasteiger partial charge in [0.2, 0.25) is 0 Å². The van der Waals surface area contributed by atoms with Crippen LogP contribution in [0.2, 0.25) is 0 Å². The first kappa shape index (κ1) is 17.1. The van der Waals surface area contributed by atoms with E-state index in [1.54, 1.807) is 12.3 Å². The van der Waals surface area contributed by atoms with Crippen LogP contribution in [0.4, 0.5) is 0 Å². The van der Waals surface area contributed by atoms with Crippen LogP contribution in [0, 0.1) is 0 Å². The first-order valence-corrected chi connectivity index (χ1v) is 8.54. The molecule has 2 aromatic heterocycles. The van der Waals surface area contributed by atoms with Gasteiger partial charge >= 0.3 is 5.97 Å². The third-order valence-corrected chi connectivity index (χ3v) is 4.61. The van der Waals surface area contributed by atoms with Gasteiger partial charge in [-0.15, -0.1) is 11.3 Å². The van der Waals surface area contributed by atoms with Crippen LogP contribution in [0.5, 0.6) is 0 Å². The molecule has 2 heterocycles. The van der Waals surface area contributed by atoms with Crippen LogP contribution in [-0.2, 0) is 16.1 Å². The highest BCUT2D eigenvalue weighted by molar-refractivity contribution is 7.20. The summed E-state index contributed by atoms with van der Waals surface area (Å²) >= 11 is 1.34. The smallest absolute Gasteiger partial charge is 0.325 e. The Morgan fingerprint density at radius 1 is 1.20 bits per heavy atom. The van der Waals surface area contributed by atoms with Crippen molar-refractivity contribution in [2.45, 2.75) is 12.6 Å². The second-order valence-electron chi connectivity index (χ2n) is 5.41. The number of nitrogens with one attached hydrogen (secondary N) is 1. The first-order chi connectivity index (χ1) is 12.1. The van der Waals surface area contributed by atoms with Crippen molar-refractivity contribution in [3.63, 3.8) is 0 Å².